The van der Waals surface area contributed by atoms with E-state index in [1.165, 1.54) is 0 Å². The van der Waals surface area contributed by atoms with Crippen molar-refractivity contribution in [2.45, 2.75) is 19.4 Å². The van der Waals surface area contributed by atoms with Crippen LogP contribution in [0, 0.1) is 15.9 Å². The smallest absolute Gasteiger partial charge is 0.305 e. The summed E-state index contributed by atoms with van der Waals surface area (Å²) in [4.78, 5) is 21.3. The number of aliphatic hydroxyl groups is 1. The number of nitrogens with one attached hydrogen (secondary N) is 1. The molecule has 0 aliphatic rings. The average molecular weight is 256 g/mol. The topological polar surface area (TPSA) is 92.5 Å². The van der Waals surface area contributed by atoms with Gasteiger partial charge in [-0.05, 0) is 18.6 Å². The normalized spacial score (nSPS) is 11.9. The number of benzene rings is 1. The van der Waals surface area contributed by atoms with Crippen LogP contribution in [0.1, 0.15) is 23.7 Å². The summed E-state index contributed by atoms with van der Waals surface area (Å²) >= 11 is 0. The van der Waals surface area contributed by atoms with E-state index in [-0.39, 0.29) is 12.2 Å². The number of hydrogen-bond acceptors (Lipinski definition) is 4. The number of nitro benzene ring substituents is 1. The summed E-state index contributed by atoms with van der Waals surface area (Å²) in [6, 6.07) is 2.46. The van der Waals surface area contributed by atoms with E-state index in [4.69, 9.17) is 5.11 Å². The van der Waals surface area contributed by atoms with Crippen molar-refractivity contribution >= 4 is 11.6 Å². The van der Waals surface area contributed by atoms with E-state index < -0.39 is 28.4 Å². The average Bonchev–Trinajstić information content (AvgIpc) is 2.35. The molecule has 1 atom stereocenters. The van der Waals surface area contributed by atoms with Crippen molar-refractivity contribution in [1.29, 1.82) is 0 Å². The van der Waals surface area contributed by atoms with Crippen molar-refractivity contribution in [3.8, 4) is 0 Å². The highest BCUT2D eigenvalue weighted by Crippen LogP contribution is 2.18. The fourth-order valence-corrected chi connectivity index (χ4v) is 1.34. The number of aliphatic hydroxyl groups excluding tert-OH is 1. The Morgan fingerprint density at radius 1 is 1.61 bits per heavy atom. The molecule has 0 aliphatic heterocycles. The summed E-state index contributed by atoms with van der Waals surface area (Å²) in [6.45, 7) is 1.54. The molecular formula is C11H13FN2O4. The minimum Gasteiger partial charge on any atom is -0.394 e. The highest BCUT2D eigenvalue weighted by atomic mass is 19.1. The molecule has 0 saturated heterocycles. The van der Waals surface area contributed by atoms with Crippen LogP contribution in [0.15, 0.2) is 18.2 Å². The van der Waals surface area contributed by atoms with Crippen LogP contribution in [0.25, 0.3) is 0 Å². The molecule has 1 unspecified atom stereocenters. The first-order valence-electron chi connectivity index (χ1n) is 5.35. The van der Waals surface area contributed by atoms with Crippen molar-refractivity contribution < 1.29 is 19.2 Å². The van der Waals surface area contributed by atoms with Crippen molar-refractivity contribution in [2.75, 3.05) is 6.61 Å². The summed E-state index contributed by atoms with van der Waals surface area (Å²) in [5, 5.41) is 21.9. The number of hydrogen-bond donors (Lipinski definition) is 2. The number of amides is 1. The molecule has 0 heterocycles. The van der Waals surface area contributed by atoms with Gasteiger partial charge in [0, 0.05) is 11.6 Å². The Morgan fingerprint density at radius 2 is 2.28 bits per heavy atom. The number of carbonyl (C=O) groups excluding carboxylic acids is 1. The van der Waals surface area contributed by atoms with E-state index in [9.17, 15) is 19.3 Å². The van der Waals surface area contributed by atoms with Crippen LogP contribution in [0.2, 0.25) is 0 Å². The zero-order chi connectivity index (χ0) is 13.7. The van der Waals surface area contributed by atoms with Gasteiger partial charge >= 0.3 is 5.69 Å². The summed E-state index contributed by atoms with van der Waals surface area (Å²) in [7, 11) is 0. The Morgan fingerprint density at radius 3 is 2.78 bits per heavy atom. The van der Waals surface area contributed by atoms with Gasteiger partial charge in [0.1, 0.15) is 0 Å². The standard InChI is InChI=1S/C11H13FN2O4/c1-2-8(6-15)13-11(16)7-3-4-9(12)10(5-7)14(17)18/h3-5,8,15H,2,6H2,1H3,(H,13,16). The molecule has 0 radical (unpaired) electrons. The Bertz CT molecular complexity index is 460. The number of nitro groups is 1. The molecule has 0 aliphatic carbocycles. The molecular weight excluding hydrogens is 243 g/mol. The monoisotopic (exact) mass is 256 g/mol. The lowest BCUT2D eigenvalue weighted by molar-refractivity contribution is -0.387. The van der Waals surface area contributed by atoms with Gasteiger partial charge in [0.05, 0.1) is 17.6 Å². The summed E-state index contributed by atoms with van der Waals surface area (Å²) < 4.78 is 13.1. The molecule has 2 N–H and O–H groups in total. The maximum absolute atomic E-state index is 13.1. The Kier molecular flexibility index (Phi) is 4.73. The van der Waals surface area contributed by atoms with Gasteiger partial charge in [-0.2, -0.15) is 4.39 Å². The van der Waals surface area contributed by atoms with Gasteiger partial charge < -0.3 is 10.4 Å². The zero-order valence-electron chi connectivity index (χ0n) is 9.72. The second-order valence-corrected chi connectivity index (χ2v) is 3.68. The number of nitrogens with zero attached hydrogens (tertiary/aromatic N) is 1. The van der Waals surface area contributed by atoms with Crippen LogP contribution in [0.3, 0.4) is 0 Å². The minimum atomic E-state index is -0.995. The molecule has 1 amide bonds. The molecule has 0 bridgehead atoms. The minimum absolute atomic E-state index is 0.0185. The fraction of sp³-hybridized carbons (Fsp3) is 0.364. The maximum Gasteiger partial charge on any atom is 0.305 e. The second kappa shape index (κ2) is 6.06. The van der Waals surface area contributed by atoms with Gasteiger partial charge in [0.15, 0.2) is 0 Å². The molecule has 0 saturated carbocycles. The van der Waals surface area contributed by atoms with Crippen molar-refractivity contribution in [1.82, 2.24) is 5.32 Å². The predicted molar refractivity (Wildman–Crippen MR) is 61.7 cm³/mol. The Labute approximate surface area is 103 Å². The van der Waals surface area contributed by atoms with E-state index in [1.54, 1.807) is 6.92 Å². The van der Waals surface area contributed by atoms with Crippen LogP contribution in [-0.4, -0.2) is 28.6 Å². The van der Waals surface area contributed by atoms with E-state index in [0.29, 0.717) is 6.42 Å². The van der Waals surface area contributed by atoms with E-state index >= 15 is 0 Å². The summed E-state index contributed by atoms with van der Waals surface area (Å²) in [6.07, 6.45) is 0.519. The van der Waals surface area contributed by atoms with Crippen molar-refractivity contribution in [3.05, 3.63) is 39.7 Å². The van der Waals surface area contributed by atoms with Crippen LogP contribution in [0.4, 0.5) is 10.1 Å². The SMILES string of the molecule is CCC(CO)NC(=O)c1ccc(F)c([N+](=O)[O-])c1. The first kappa shape index (κ1) is 14.0. The van der Waals surface area contributed by atoms with Crippen LogP contribution in [-0.2, 0) is 0 Å². The molecule has 1 aromatic carbocycles. The first-order valence-corrected chi connectivity index (χ1v) is 5.35. The third kappa shape index (κ3) is 3.24. The van der Waals surface area contributed by atoms with E-state index in [0.717, 1.165) is 18.2 Å². The van der Waals surface area contributed by atoms with Gasteiger partial charge in [-0.15, -0.1) is 0 Å². The van der Waals surface area contributed by atoms with Gasteiger partial charge in [-0.1, -0.05) is 6.92 Å². The maximum atomic E-state index is 13.1. The molecule has 1 rings (SSSR count). The highest BCUT2D eigenvalue weighted by Gasteiger charge is 2.18. The van der Waals surface area contributed by atoms with Crippen LogP contribution >= 0.6 is 0 Å². The van der Waals surface area contributed by atoms with Crippen molar-refractivity contribution in [3.63, 3.8) is 0 Å². The molecule has 0 fully saturated rings. The lowest BCUT2D eigenvalue weighted by Crippen LogP contribution is -2.36. The zero-order valence-corrected chi connectivity index (χ0v) is 9.72. The number of carbonyl (C=O) groups is 1. The highest BCUT2D eigenvalue weighted by molar-refractivity contribution is 5.95. The number of rotatable bonds is 5. The molecule has 18 heavy (non-hydrogen) atoms. The summed E-state index contributed by atoms with van der Waals surface area (Å²) in [5.74, 6) is -1.58. The van der Waals surface area contributed by atoms with E-state index in [2.05, 4.69) is 5.32 Å². The molecule has 98 valence electrons. The molecule has 6 nitrogen and oxygen atoms in total. The third-order valence-corrected chi connectivity index (χ3v) is 2.45. The molecule has 1 aromatic rings. The van der Waals surface area contributed by atoms with Gasteiger partial charge in [-0.3, -0.25) is 14.9 Å². The quantitative estimate of drug-likeness (QED) is 0.612. The van der Waals surface area contributed by atoms with Gasteiger partial charge in [0.2, 0.25) is 5.82 Å². The van der Waals surface area contributed by atoms with Gasteiger partial charge in [0.25, 0.3) is 5.91 Å². The second-order valence-electron chi connectivity index (χ2n) is 3.68. The fourth-order valence-electron chi connectivity index (χ4n) is 1.34. The van der Waals surface area contributed by atoms with Crippen LogP contribution < -0.4 is 5.32 Å². The first-order chi connectivity index (χ1) is 8.49. The molecule has 0 aromatic heterocycles. The molecule has 7 heteroatoms. The Hall–Kier alpha value is -2.02. The lowest BCUT2D eigenvalue weighted by atomic mass is 10.1. The number of halogens is 1. The van der Waals surface area contributed by atoms with Crippen LogP contribution in [0.5, 0.6) is 0 Å². The summed E-state index contributed by atoms with van der Waals surface area (Å²) in [5.41, 5.74) is -0.769. The molecule has 0 spiro atoms. The van der Waals surface area contributed by atoms with Crippen molar-refractivity contribution in [2.24, 2.45) is 0 Å². The third-order valence-electron chi connectivity index (χ3n) is 2.45. The lowest BCUT2D eigenvalue weighted by Gasteiger charge is -2.13. The predicted octanol–water partition coefficient (Wildman–Crippen LogP) is 1.23. The largest absolute Gasteiger partial charge is 0.394 e. The van der Waals surface area contributed by atoms with E-state index in [1.807, 2.05) is 0 Å². The Balaban J connectivity index is 2.93. The van der Waals surface area contributed by atoms with Gasteiger partial charge in [-0.25, -0.2) is 0 Å².